The molecule has 2 aromatic rings. The molecule has 1 atom stereocenters. The second kappa shape index (κ2) is 12.5. The molecule has 1 amide bonds. The van der Waals surface area contributed by atoms with Gasteiger partial charge in [-0.2, -0.15) is 4.31 Å². The number of benzene rings is 2. The lowest BCUT2D eigenvalue weighted by atomic mass is 10.1. The smallest absolute Gasteiger partial charge is 0.257 e. The van der Waals surface area contributed by atoms with E-state index in [2.05, 4.69) is 5.32 Å². The lowest BCUT2D eigenvalue weighted by molar-refractivity contribution is -0.123. The molecule has 0 unspecified atom stereocenters. The SMILES string of the molecule is CC(C)CN([C@H](C)CCCCNC(=O)COc1ccccc1)S(=O)(=O)c1ccccc1. The standard InChI is InChI=1S/C24H34N2O4S/c1-20(2)18-26(31(28,29)23-15-8-5-9-16-23)21(3)12-10-11-17-25-24(27)19-30-22-13-6-4-7-14-22/h4-9,13-16,20-21H,10-12,17-19H2,1-3H3,(H,25,27)/t21-/m1/s1. The van der Waals surface area contributed by atoms with Crippen molar-refractivity contribution in [2.75, 3.05) is 19.7 Å². The number of sulfonamides is 1. The molecular formula is C24H34N2O4S. The van der Waals surface area contributed by atoms with E-state index in [1.165, 1.54) is 0 Å². The Labute approximate surface area is 186 Å². The summed E-state index contributed by atoms with van der Waals surface area (Å²) < 4.78 is 33.3. The van der Waals surface area contributed by atoms with E-state index < -0.39 is 10.0 Å². The molecular weight excluding hydrogens is 412 g/mol. The van der Waals surface area contributed by atoms with Crippen molar-refractivity contribution < 1.29 is 17.9 Å². The second-order valence-corrected chi connectivity index (χ2v) is 9.97. The highest BCUT2D eigenvalue weighted by Crippen LogP contribution is 2.22. The Balaban J connectivity index is 1.78. The van der Waals surface area contributed by atoms with Gasteiger partial charge in [-0.25, -0.2) is 8.42 Å². The van der Waals surface area contributed by atoms with E-state index in [9.17, 15) is 13.2 Å². The normalized spacial score (nSPS) is 12.7. The van der Waals surface area contributed by atoms with Crippen molar-refractivity contribution in [3.63, 3.8) is 0 Å². The van der Waals surface area contributed by atoms with Crippen LogP contribution in [0.4, 0.5) is 0 Å². The zero-order valence-electron chi connectivity index (χ0n) is 18.7. The Morgan fingerprint density at radius 1 is 0.968 bits per heavy atom. The second-order valence-electron chi connectivity index (χ2n) is 8.08. The van der Waals surface area contributed by atoms with Crippen molar-refractivity contribution in [3.05, 3.63) is 60.7 Å². The van der Waals surface area contributed by atoms with Gasteiger partial charge in [0.2, 0.25) is 10.0 Å². The molecule has 0 aliphatic heterocycles. The highest BCUT2D eigenvalue weighted by molar-refractivity contribution is 7.89. The summed E-state index contributed by atoms with van der Waals surface area (Å²) in [5.41, 5.74) is 0. The first-order valence-electron chi connectivity index (χ1n) is 10.8. The van der Waals surface area contributed by atoms with E-state index in [4.69, 9.17) is 4.74 Å². The van der Waals surface area contributed by atoms with Crippen LogP contribution in [0.2, 0.25) is 0 Å². The van der Waals surface area contributed by atoms with Gasteiger partial charge in [0.05, 0.1) is 4.90 Å². The summed E-state index contributed by atoms with van der Waals surface area (Å²) in [6.45, 7) is 7.00. The molecule has 6 nitrogen and oxygen atoms in total. The van der Waals surface area contributed by atoms with Crippen molar-refractivity contribution >= 4 is 15.9 Å². The molecule has 0 saturated heterocycles. The Morgan fingerprint density at radius 3 is 2.19 bits per heavy atom. The number of hydrogen-bond donors (Lipinski definition) is 1. The monoisotopic (exact) mass is 446 g/mol. The third-order valence-corrected chi connectivity index (χ3v) is 6.86. The third kappa shape index (κ3) is 8.34. The predicted octanol–water partition coefficient (Wildman–Crippen LogP) is 4.09. The van der Waals surface area contributed by atoms with Gasteiger partial charge in [-0.05, 0) is 49.9 Å². The van der Waals surface area contributed by atoms with Crippen molar-refractivity contribution in [2.24, 2.45) is 5.92 Å². The first-order chi connectivity index (χ1) is 14.8. The summed E-state index contributed by atoms with van der Waals surface area (Å²) in [6, 6.07) is 17.7. The Bertz CT molecular complexity index is 886. The summed E-state index contributed by atoms with van der Waals surface area (Å²) in [5.74, 6) is 0.728. The van der Waals surface area contributed by atoms with Crippen molar-refractivity contribution in [1.29, 1.82) is 0 Å². The molecule has 7 heteroatoms. The van der Waals surface area contributed by atoms with Gasteiger partial charge in [0.15, 0.2) is 6.61 Å². The number of unbranched alkanes of at least 4 members (excludes halogenated alkanes) is 1. The average Bonchev–Trinajstić information content (AvgIpc) is 2.76. The number of hydrogen-bond acceptors (Lipinski definition) is 4. The summed E-state index contributed by atoms with van der Waals surface area (Å²) in [4.78, 5) is 12.2. The molecule has 0 radical (unpaired) electrons. The molecule has 0 aliphatic carbocycles. The first kappa shape index (κ1) is 24.9. The van der Waals surface area contributed by atoms with E-state index in [-0.39, 0.29) is 24.5 Å². The van der Waals surface area contributed by atoms with Crippen LogP contribution in [0.3, 0.4) is 0 Å². The lowest BCUT2D eigenvalue weighted by Gasteiger charge is -2.30. The molecule has 0 aliphatic rings. The number of carbonyl (C=O) groups is 1. The van der Waals surface area contributed by atoms with Crippen LogP contribution in [0.25, 0.3) is 0 Å². The first-order valence-corrected chi connectivity index (χ1v) is 12.3. The van der Waals surface area contributed by atoms with E-state index in [1.54, 1.807) is 40.7 Å². The molecule has 0 saturated carbocycles. The molecule has 170 valence electrons. The van der Waals surface area contributed by atoms with E-state index in [1.807, 2.05) is 45.0 Å². The number of nitrogens with zero attached hydrogens (tertiary/aromatic N) is 1. The molecule has 0 spiro atoms. The predicted molar refractivity (Wildman–Crippen MR) is 123 cm³/mol. The van der Waals surface area contributed by atoms with Gasteiger partial charge in [-0.15, -0.1) is 0 Å². The molecule has 0 aromatic heterocycles. The number of rotatable bonds is 13. The highest BCUT2D eigenvalue weighted by atomic mass is 32.2. The number of nitrogens with one attached hydrogen (secondary N) is 1. The van der Waals surface area contributed by atoms with Crippen LogP contribution < -0.4 is 10.1 Å². The quantitative estimate of drug-likeness (QED) is 0.470. The van der Waals surface area contributed by atoms with Crippen LogP contribution in [-0.4, -0.2) is 44.4 Å². The Kier molecular flexibility index (Phi) is 10.0. The molecule has 31 heavy (non-hydrogen) atoms. The topological polar surface area (TPSA) is 75.7 Å². The molecule has 2 aromatic carbocycles. The summed E-state index contributed by atoms with van der Waals surface area (Å²) >= 11 is 0. The number of amides is 1. The third-order valence-electron chi connectivity index (χ3n) is 4.87. The Hall–Kier alpha value is -2.38. The van der Waals surface area contributed by atoms with Gasteiger partial charge in [0.1, 0.15) is 5.75 Å². The van der Waals surface area contributed by atoms with Gasteiger partial charge in [-0.1, -0.05) is 56.7 Å². The molecule has 2 rings (SSSR count). The van der Waals surface area contributed by atoms with Crippen LogP contribution in [-0.2, 0) is 14.8 Å². The maximum Gasteiger partial charge on any atom is 0.257 e. The average molecular weight is 447 g/mol. The fourth-order valence-corrected chi connectivity index (χ4v) is 5.10. The molecule has 0 heterocycles. The summed E-state index contributed by atoms with van der Waals surface area (Å²) in [7, 11) is -3.54. The van der Waals surface area contributed by atoms with E-state index in [0.29, 0.717) is 23.7 Å². The van der Waals surface area contributed by atoms with Gasteiger partial charge in [0.25, 0.3) is 5.91 Å². The highest BCUT2D eigenvalue weighted by Gasteiger charge is 2.29. The van der Waals surface area contributed by atoms with Crippen LogP contribution in [0.5, 0.6) is 5.75 Å². The minimum atomic E-state index is -3.54. The van der Waals surface area contributed by atoms with Gasteiger partial charge in [-0.3, -0.25) is 4.79 Å². The van der Waals surface area contributed by atoms with Gasteiger partial charge >= 0.3 is 0 Å². The summed E-state index contributed by atoms with van der Waals surface area (Å²) in [6.07, 6.45) is 2.33. The van der Waals surface area contributed by atoms with Gasteiger partial charge in [0, 0.05) is 19.1 Å². The van der Waals surface area contributed by atoms with E-state index >= 15 is 0 Å². The van der Waals surface area contributed by atoms with Crippen molar-refractivity contribution in [1.82, 2.24) is 9.62 Å². The Morgan fingerprint density at radius 2 is 1.58 bits per heavy atom. The molecule has 1 N–H and O–H groups in total. The van der Waals surface area contributed by atoms with Crippen molar-refractivity contribution in [3.8, 4) is 5.75 Å². The number of ether oxygens (including phenoxy) is 1. The van der Waals surface area contributed by atoms with Gasteiger partial charge < -0.3 is 10.1 Å². The number of carbonyl (C=O) groups excluding carboxylic acids is 1. The zero-order chi connectivity index (χ0) is 22.7. The fourth-order valence-electron chi connectivity index (χ4n) is 3.26. The maximum absolute atomic E-state index is 13.1. The fraction of sp³-hybridized carbons (Fsp3) is 0.458. The molecule has 0 bridgehead atoms. The summed E-state index contributed by atoms with van der Waals surface area (Å²) in [5, 5.41) is 2.85. The zero-order valence-corrected chi connectivity index (χ0v) is 19.5. The van der Waals surface area contributed by atoms with Crippen LogP contribution in [0.1, 0.15) is 40.0 Å². The van der Waals surface area contributed by atoms with Crippen LogP contribution in [0.15, 0.2) is 65.6 Å². The van der Waals surface area contributed by atoms with Crippen molar-refractivity contribution in [2.45, 2.75) is 51.0 Å². The van der Waals surface area contributed by atoms with Crippen LogP contribution in [0, 0.1) is 5.92 Å². The minimum Gasteiger partial charge on any atom is -0.484 e. The maximum atomic E-state index is 13.1. The molecule has 0 fully saturated rings. The largest absolute Gasteiger partial charge is 0.484 e. The van der Waals surface area contributed by atoms with Crippen LogP contribution >= 0.6 is 0 Å². The number of para-hydroxylation sites is 1. The van der Waals surface area contributed by atoms with E-state index in [0.717, 1.165) is 19.3 Å². The minimum absolute atomic E-state index is 0.0160. The lowest BCUT2D eigenvalue weighted by Crippen LogP contribution is -2.41.